The normalized spacial score (nSPS) is 12.0. The number of alkyl halides is 6. The highest BCUT2D eigenvalue weighted by Gasteiger charge is 2.36. The third kappa shape index (κ3) is 5.54. The molecule has 3 rings (SSSR count). The molecule has 1 heterocycles. The maximum Gasteiger partial charge on any atom is 0.435 e. The Morgan fingerprint density at radius 1 is 1.06 bits per heavy atom. The number of halogens is 8. The molecule has 0 aliphatic carbocycles. The summed E-state index contributed by atoms with van der Waals surface area (Å²) >= 11 is 8.93. The number of nitrogens with one attached hydrogen (secondary N) is 1. The van der Waals surface area contributed by atoms with Gasteiger partial charge in [0.05, 0.1) is 22.0 Å². The Balaban J connectivity index is 1.84. The molecule has 0 saturated carbocycles. The number of hydrogen-bond donors (Lipinski definition) is 1. The first-order chi connectivity index (χ1) is 14.9. The molecule has 0 saturated heterocycles. The third-order valence-electron chi connectivity index (χ3n) is 3.96. The quantitative estimate of drug-likeness (QED) is 0.383. The minimum atomic E-state index is -4.81. The van der Waals surface area contributed by atoms with Crippen molar-refractivity contribution >= 4 is 39.1 Å². The predicted octanol–water partition coefficient (Wildman–Crippen LogP) is 6.34. The van der Waals surface area contributed by atoms with Gasteiger partial charge in [0.2, 0.25) is 5.88 Å². The Bertz CT molecular complexity index is 1150. The highest BCUT2D eigenvalue weighted by molar-refractivity contribution is 9.10. The van der Waals surface area contributed by atoms with E-state index in [1.807, 2.05) is 5.32 Å². The first-order valence-corrected chi connectivity index (χ1v) is 9.75. The van der Waals surface area contributed by atoms with Crippen molar-refractivity contribution < 1.29 is 35.9 Å². The van der Waals surface area contributed by atoms with Gasteiger partial charge in [-0.3, -0.25) is 4.79 Å². The van der Waals surface area contributed by atoms with Crippen LogP contribution in [0.25, 0.3) is 5.69 Å². The Labute approximate surface area is 190 Å². The summed E-state index contributed by atoms with van der Waals surface area (Å²) in [6.07, 6.45) is -9.57. The van der Waals surface area contributed by atoms with Crippen molar-refractivity contribution in [3.05, 3.63) is 69.3 Å². The molecule has 3 aromatic rings. The monoisotopic (exact) mass is 541 g/mol. The Hall–Kier alpha value is -2.73. The van der Waals surface area contributed by atoms with Gasteiger partial charge in [0.25, 0.3) is 5.91 Å². The first kappa shape index (κ1) is 23.9. The summed E-state index contributed by atoms with van der Waals surface area (Å²) < 4.78 is 85.0. The van der Waals surface area contributed by atoms with Crippen molar-refractivity contribution in [1.29, 1.82) is 0 Å². The zero-order valence-corrected chi connectivity index (χ0v) is 17.9. The minimum absolute atomic E-state index is 0.0485. The van der Waals surface area contributed by atoms with Crippen molar-refractivity contribution in [1.82, 2.24) is 9.78 Å². The van der Waals surface area contributed by atoms with Gasteiger partial charge >= 0.3 is 12.4 Å². The van der Waals surface area contributed by atoms with Crippen molar-refractivity contribution in [3.63, 3.8) is 0 Å². The van der Waals surface area contributed by atoms with Gasteiger partial charge in [0.1, 0.15) is 0 Å². The summed E-state index contributed by atoms with van der Waals surface area (Å²) in [5.41, 5.74) is -2.90. The van der Waals surface area contributed by atoms with E-state index in [-0.39, 0.29) is 15.2 Å². The van der Waals surface area contributed by atoms with Crippen molar-refractivity contribution in [2.75, 3.05) is 11.9 Å². The fourth-order valence-electron chi connectivity index (χ4n) is 2.59. The Morgan fingerprint density at radius 2 is 1.75 bits per heavy atom. The van der Waals surface area contributed by atoms with Crippen LogP contribution in [0.1, 0.15) is 11.3 Å². The molecular weight excluding hydrogens is 532 g/mol. The lowest BCUT2D eigenvalue weighted by Crippen LogP contribution is -2.23. The van der Waals surface area contributed by atoms with E-state index in [2.05, 4.69) is 21.0 Å². The van der Waals surface area contributed by atoms with Gasteiger partial charge in [-0.1, -0.05) is 39.7 Å². The number of benzene rings is 2. The van der Waals surface area contributed by atoms with Crippen LogP contribution in [-0.4, -0.2) is 22.3 Å². The molecule has 1 amide bonds. The van der Waals surface area contributed by atoms with Crippen molar-refractivity contribution in [3.8, 4) is 11.6 Å². The van der Waals surface area contributed by atoms with Gasteiger partial charge < -0.3 is 10.1 Å². The van der Waals surface area contributed by atoms with Gasteiger partial charge in [0.15, 0.2) is 12.3 Å². The van der Waals surface area contributed by atoms with E-state index in [1.165, 1.54) is 24.3 Å². The SMILES string of the molecule is O=C(COc1cc(C(F)(F)F)nn1-c1ccccc1Cl)Nc1ccc(Br)cc1C(F)(F)F. The molecule has 0 aliphatic heterocycles. The number of carbonyl (C=O) groups is 1. The molecule has 0 atom stereocenters. The molecule has 0 unspecified atom stereocenters. The second kappa shape index (κ2) is 9.02. The van der Waals surface area contributed by atoms with Crippen LogP contribution in [-0.2, 0) is 17.1 Å². The molecule has 0 spiro atoms. The number of rotatable bonds is 5. The van der Waals surface area contributed by atoms with E-state index in [0.717, 1.165) is 16.8 Å². The van der Waals surface area contributed by atoms with E-state index < -0.39 is 47.7 Å². The molecule has 1 aromatic heterocycles. The van der Waals surface area contributed by atoms with E-state index in [0.29, 0.717) is 6.07 Å². The molecule has 32 heavy (non-hydrogen) atoms. The standard InChI is InChI=1S/C19H11BrClF6N3O2/c20-10-5-6-13(11(7-10)18(22,23)24)28-16(31)9-32-17-8-15(19(25,26)27)29-30(17)14-4-2-1-3-12(14)21/h1-8H,9H2,(H,28,31). The van der Waals surface area contributed by atoms with Gasteiger partial charge in [-0.15, -0.1) is 0 Å². The Morgan fingerprint density at radius 3 is 2.38 bits per heavy atom. The highest BCUT2D eigenvalue weighted by Crippen LogP contribution is 2.37. The summed E-state index contributed by atoms with van der Waals surface area (Å²) in [6.45, 7) is -0.888. The lowest BCUT2D eigenvalue weighted by molar-refractivity contribution is -0.141. The molecular formula is C19H11BrClF6N3O2. The van der Waals surface area contributed by atoms with Crippen LogP contribution >= 0.6 is 27.5 Å². The zero-order valence-electron chi connectivity index (χ0n) is 15.6. The van der Waals surface area contributed by atoms with Crippen LogP contribution in [0.3, 0.4) is 0 Å². The third-order valence-corrected chi connectivity index (χ3v) is 4.77. The van der Waals surface area contributed by atoms with Gasteiger partial charge in [-0.05, 0) is 30.3 Å². The topological polar surface area (TPSA) is 56.1 Å². The van der Waals surface area contributed by atoms with E-state index in [9.17, 15) is 31.1 Å². The van der Waals surface area contributed by atoms with Crippen LogP contribution in [0.4, 0.5) is 32.0 Å². The van der Waals surface area contributed by atoms with Gasteiger partial charge in [-0.25, -0.2) is 0 Å². The summed E-state index contributed by atoms with van der Waals surface area (Å²) in [5, 5.41) is 5.53. The molecule has 0 fully saturated rings. The maximum atomic E-state index is 13.2. The zero-order chi connectivity index (χ0) is 23.7. The van der Waals surface area contributed by atoms with E-state index >= 15 is 0 Å². The fourth-order valence-corrected chi connectivity index (χ4v) is 3.16. The number of aromatic nitrogens is 2. The lowest BCUT2D eigenvalue weighted by atomic mass is 10.1. The molecule has 170 valence electrons. The molecule has 0 radical (unpaired) electrons. The molecule has 13 heteroatoms. The summed E-state index contributed by atoms with van der Waals surface area (Å²) in [4.78, 5) is 12.2. The second-order valence-corrected chi connectivity index (χ2v) is 7.58. The van der Waals surface area contributed by atoms with Crippen LogP contribution in [0.5, 0.6) is 5.88 Å². The van der Waals surface area contributed by atoms with Crippen LogP contribution in [0.15, 0.2) is 53.0 Å². The van der Waals surface area contributed by atoms with Crippen molar-refractivity contribution in [2.45, 2.75) is 12.4 Å². The molecule has 5 nitrogen and oxygen atoms in total. The number of para-hydroxylation sites is 1. The van der Waals surface area contributed by atoms with Crippen molar-refractivity contribution in [2.24, 2.45) is 0 Å². The summed E-state index contributed by atoms with van der Waals surface area (Å²) in [6, 6.07) is 9.47. The van der Waals surface area contributed by atoms with Crippen LogP contribution in [0, 0.1) is 0 Å². The lowest BCUT2D eigenvalue weighted by Gasteiger charge is -2.15. The van der Waals surface area contributed by atoms with Crippen LogP contribution < -0.4 is 10.1 Å². The summed E-state index contributed by atoms with van der Waals surface area (Å²) in [5.74, 6) is -1.51. The predicted molar refractivity (Wildman–Crippen MR) is 107 cm³/mol. The van der Waals surface area contributed by atoms with Crippen LogP contribution in [0.2, 0.25) is 5.02 Å². The van der Waals surface area contributed by atoms with Gasteiger partial charge in [-0.2, -0.15) is 36.1 Å². The van der Waals surface area contributed by atoms with Gasteiger partial charge in [0, 0.05) is 10.5 Å². The average Bonchev–Trinajstić information content (AvgIpc) is 3.12. The number of nitrogens with zero attached hydrogens (tertiary/aromatic N) is 2. The Kier molecular flexibility index (Phi) is 6.75. The molecule has 1 N–H and O–H groups in total. The van der Waals surface area contributed by atoms with E-state index in [1.54, 1.807) is 6.07 Å². The summed E-state index contributed by atoms with van der Waals surface area (Å²) in [7, 11) is 0. The molecule has 0 bridgehead atoms. The highest BCUT2D eigenvalue weighted by atomic mass is 79.9. The second-order valence-electron chi connectivity index (χ2n) is 6.25. The maximum absolute atomic E-state index is 13.2. The molecule has 0 aliphatic rings. The number of hydrogen-bond acceptors (Lipinski definition) is 3. The minimum Gasteiger partial charge on any atom is -0.467 e. The number of ether oxygens (including phenoxy) is 1. The number of anilines is 1. The fraction of sp³-hybridized carbons (Fsp3) is 0.158. The average molecular weight is 543 g/mol. The first-order valence-electron chi connectivity index (χ1n) is 8.58. The smallest absolute Gasteiger partial charge is 0.435 e. The number of carbonyl (C=O) groups excluding carboxylic acids is 1. The molecule has 2 aromatic carbocycles. The van der Waals surface area contributed by atoms with E-state index in [4.69, 9.17) is 16.3 Å². The largest absolute Gasteiger partial charge is 0.467 e. The number of amides is 1.